The van der Waals surface area contributed by atoms with Gasteiger partial charge >= 0.3 is 0 Å². The molecule has 2 N–H and O–H groups in total. The number of carbonyl (C=O) groups excluding carboxylic acids is 1. The van der Waals surface area contributed by atoms with Gasteiger partial charge < -0.3 is 20.4 Å². The minimum absolute atomic E-state index is 0. The van der Waals surface area contributed by atoms with Gasteiger partial charge in [-0.2, -0.15) is 0 Å². The zero-order valence-electron chi connectivity index (χ0n) is 17.8. The Bertz CT molecular complexity index is 654. The molecular formula is C22H36IN5O. The number of likely N-dealkylation sites (tertiary alicyclic amines) is 1. The Balaban J connectivity index is 0.00000300. The third-order valence-electron chi connectivity index (χ3n) is 5.75. The molecule has 2 fully saturated rings. The van der Waals surface area contributed by atoms with Crippen LogP contribution >= 0.6 is 24.0 Å². The average molecular weight is 513 g/mol. The number of halogens is 1. The van der Waals surface area contributed by atoms with Gasteiger partial charge in [0, 0.05) is 56.9 Å². The number of nitrogens with zero attached hydrogens (tertiary/aromatic N) is 3. The van der Waals surface area contributed by atoms with E-state index in [0.29, 0.717) is 24.4 Å². The number of guanidine groups is 1. The first-order valence-electron chi connectivity index (χ1n) is 10.9. The SMILES string of the molecule is CCNC(=NCCC(CC)N1CCCC1=O)NC1CCN(c2ccccc2)C1.I. The fraction of sp³-hybridized carbons (Fsp3) is 0.636. The van der Waals surface area contributed by atoms with Gasteiger partial charge in [-0.15, -0.1) is 24.0 Å². The normalized spacial score (nSPS) is 20.6. The maximum absolute atomic E-state index is 12.0. The lowest BCUT2D eigenvalue weighted by molar-refractivity contribution is -0.129. The van der Waals surface area contributed by atoms with Crippen molar-refractivity contribution < 1.29 is 4.79 Å². The largest absolute Gasteiger partial charge is 0.369 e. The molecule has 2 atom stereocenters. The van der Waals surface area contributed by atoms with Crippen LogP contribution in [0.4, 0.5) is 5.69 Å². The predicted molar refractivity (Wildman–Crippen MR) is 131 cm³/mol. The molecule has 1 aromatic carbocycles. The monoisotopic (exact) mass is 513 g/mol. The molecule has 0 bridgehead atoms. The first-order chi connectivity index (χ1) is 13.7. The van der Waals surface area contributed by atoms with Crippen molar-refractivity contribution in [3.63, 3.8) is 0 Å². The van der Waals surface area contributed by atoms with Crippen LogP contribution in [-0.2, 0) is 4.79 Å². The minimum atomic E-state index is 0. The molecule has 162 valence electrons. The molecule has 3 rings (SSSR count). The summed E-state index contributed by atoms with van der Waals surface area (Å²) in [6, 6.07) is 11.3. The van der Waals surface area contributed by atoms with E-state index < -0.39 is 0 Å². The first-order valence-corrected chi connectivity index (χ1v) is 10.9. The van der Waals surface area contributed by atoms with Crippen molar-refractivity contribution in [1.82, 2.24) is 15.5 Å². The molecule has 0 radical (unpaired) electrons. The highest BCUT2D eigenvalue weighted by Crippen LogP contribution is 2.20. The fourth-order valence-corrected chi connectivity index (χ4v) is 4.23. The summed E-state index contributed by atoms with van der Waals surface area (Å²) in [4.78, 5) is 21.3. The van der Waals surface area contributed by atoms with Crippen LogP contribution < -0.4 is 15.5 Å². The summed E-state index contributed by atoms with van der Waals surface area (Å²) in [7, 11) is 0. The van der Waals surface area contributed by atoms with Crippen LogP contribution in [0, 0.1) is 0 Å². The van der Waals surface area contributed by atoms with Crippen LogP contribution in [0.3, 0.4) is 0 Å². The number of aliphatic imine (C=N–C) groups is 1. The number of nitrogens with one attached hydrogen (secondary N) is 2. The third-order valence-corrected chi connectivity index (χ3v) is 5.75. The quantitative estimate of drug-likeness (QED) is 0.319. The molecule has 6 nitrogen and oxygen atoms in total. The number of para-hydroxylation sites is 1. The summed E-state index contributed by atoms with van der Waals surface area (Å²) < 4.78 is 0. The maximum atomic E-state index is 12.0. The second kappa shape index (κ2) is 12.2. The van der Waals surface area contributed by atoms with E-state index in [2.05, 4.69) is 64.6 Å². The number of anilines is 1. The maximum Gasteiger partial charge on any atom is 0.222 e. The van der Waals surface area contributed by atoms with E-state index in [1.54, 1.807) is 0 Å². The molecule has 1 aromatic rings. The van der Waals surface area contributed by atoms with Crippen LogP contribution in [0.5, 0.6) is 0 Å². The molecule has 2 aliphatic heterocycles. The summed E-state index contributed by atoms with van der Waals surface area (Å²) in [5.41, 5.74) is 1.29. The van der Waals surface area contributed by atoms with E-state index in [0.717, 1.165) is 64.4 Å². The van der Waals surface area contributed by atoms with E-state index in [-0.39, 0.29) is 24.0 Å². The van der Waals surface area contributed by atoms with Crippen molar-refractivity contribution >= 4 is 41.5 Å². The highest BCUT2D eigenvalue weighted by atomic mass is 127. The zero-order chi connectivity index (χ0) is 19.8. The van der Waals surface area contributed by atoms with E-state index >= 15 is 0 Å². The fourth-order valence-electron chi connectivity index (χ4n) is 4.23. The standard InChI is InChI=1S/C22H35N5O.HI/c1-3-19(27-15-8-11-21(27)28)12-14-24-22(23-4-2)25-18-13-16-26(17-18)20-9-6-5-7-10-20;/h5-7,9-10,18-19H,3-4,8,11-17H2,1-2H3,(H2,23,24,25);1H. The topological polar surface area (TPSA) is 60.0 Å². The van der Waals surface area contributed by atoms with Crippen LogP contribution in [0.15, 0.2) is 35.3 Å². The highest BCUT2D eigenvalue weighted by molar-refractivity contribution is 14.0. The van der Waals surface area contributed by atoms with Gasteiger partial charge in [-0.3, -0.25) is 9.79 Å². The van der Waals surface area contributed by atoms with Crippen LogP contribution in [-0.4, -0.2) is 61.6 Å². The second-order valence-electron chi connectivity index (χ2n) is 7.71. The number of hydrogen-bond acceptors (Lipinski definition) is 3. The van der Waals surface area contributed by atoms with Crippen LogP contribution in [0.25, 0.3) is 0 Å². The Kier molecular flexibility index (Phi) is 10.0. The lowest BCUT2D eigenvalue weighted by Gasteiger charge is -2.26. The summed E-state index contributed by atoms with van der Waals surface area (Å²) in [6.07, 6.45) is 4.75. The summed E-state index contributed by atoms with van der Waals surface area (Å²) in [5.74, 6) is 1.21. The molecular weight excluding hydrogens is 477 g/mol. The molecule has 1 amide bonds. The Labute approximate surface area is 192 Å². The lowest BCUT2D eigenvalue weighted by atomic mass is 10.1. The van der Waals surface area contributed by atoms with Crippen molar-refractivity contribution in [2.75, 3.05) is 37.6 Å². The van der Waals surface area contributed by atoms with Crippen molar-refractivity contribution in [3.05, 3.63) is 30.3 Å². The van der Waals surface area contributed by atoms with Crippen molar-refractivity contribution in [1.29, 1.82) is 0 Å². The summed E-state index contributed by atoms with van der Waals surface area (Å²) in [6.45, 7) is 8.83. The number of benzene rings is 1. The molecule has 0 spiro atoms. The Morgan fingerprint density at radius 2 is 2.03 bits per heavy atom. The number of rotatable bonds is 8. The second-order valence-corrected chi connectivity index (χ2v) is 7.71. The molecule has 2 unspecified atom stereocenters. The molecule has 2 aliphatic rings. The molecule has 0 aromatic heterocycles. The van der Waals surface area contributed by atoms with Gasteiger partial charge in [-0.1, -0.05) is 25.1 Å². The first kappa shape index (κ1) is 23.8. The van der Waals surface area contributed by atoms with Crippen LogP contribution in [0.2, 0.25) is 0 Å². The molecule has 2 saturated heterocycles. The number of amides is 1. The van der Waals surface area contributed by atoms with E-state index in [1.165, 1.54) is 5.69 Å². The van der Waals surface area contributed by atoms with Crippen molar-refractivity contribution in [2.45, 2.75) is 58.0 Å². The van der Waals surface area contributed by atoms with Crippen LogP contribution in [0.1, 0.15) is 46.0 Å². The van der Waals surface area contributed by atoms with Gasteiger partial charge in [0.25, 0.3) is 0 Å². The van der Waals surface area contributed by atoms with E-state index in [9.17, 15) is 4.79 Å². The van der Waals surface area contributed by atoms with Crippen molar-refractivity contribution in [2.24, 2.45) is 4.99 Å². The summed E-state index contributed by atoms with van der Waals surface area (Å²) >= 11 is 0. The number of carbonyl (C=O) groups is 1. The van der Waals surface area contributed by atoms with Crippen molar-refractivity contribution in [3.8, 4) is 0 Å². The van der Waals surface area contributed by atoms with Gasteiger partial charge in [0.2, 0.25) is 5.91 Å². The van der Waals surface area contributed by atoms with Gasteiger partial charge in [-0.05, 0) is 44.7 Å². The lowest BCUT2D eigenvalue weighted by Crippen LogP contribution is -2.45. The molecule has 0 aliphatic carbocycles. The van der Waals surface area contributed by atoms with E-state index in [4.69, 9.17) is 4.99 Å². The van der Waals surface area contributed by atoms with Gasteiger partial charge in [-0.25, -0.2) is 0 Å². The van der Waals surface area contributed by atoms with Gasteiger partial charge in [0.05, 0.1) is 0 Å². The Morgan fingerprint density at radius 1 is 1.24 bits per heavy atom. The van der Waals surface area contributed by atoms with Gasteiger partial charge in [0.1, 0.15) is 0 Å². The predicted octanol–water partition coefficient (Wildman–Crippen LogP) is 3.23. The molecule has 0 saturated carbocycles. The van der Waals surface area contributed by atoms with Gasteiger partial charge in [0.15, 0.2) is 5.96 Å². The smallest absolute Gasteiger partial charge is 0.222 e. The molecule has 7 heteroatoms. The highest BCUT2D eigenvalue weighted by Gasteiger charge is 2.26. The average Bonchev–Trinajstić information content (AvgIpc) is 3.35. The van der Waals surface area contributed by atoms with E-state index in [1.807, 2.05) is 0 Å². The summed E-state index contributed by atoms with van der Waals surface area (Å²) in [5, 5.41) is 6.98. The third kappa shape index (κ3) is 6.76. The minimum Gasteiger partial charge on any atom is -0.369 e. The Morgan fingerprint density at radius 3 is 2.69 bits per heavy atom. The Hall–Kier alpha value is -1.51. The molecule has 29 heavy (non-hydrogen) atoms. The molecule has 2 heterocycles. The number of hydrogen-bond donors (Lipinski definition) is 2. The zero-order valence-corrected chi connectivity index (χ0v) is 20.1.